The van der Waals surface area contributed by atoms with E-state index < -0.39 is 0 Å². The summed E-state index contributed by atoms with van der Waals surface area (Å²) in [4.78, 5) is 4.27. The molecule has 0 amide bonds. The highest BCUT2D eigenvalue weighted by Crippen LogP contribution is 2.42. The summed E-state index contributed by atoms with van der Waals surface area (Å²) >= 11 is 0. The van der Waals surface area contributed by atoms with Gasteiger partial charge in [-0.25, -0.2) is 0 Å². The summed E-state index contributed by atoms with van der Waals surface area (Å²) in [6.07, 6.45) is 1.39. The van der Waals surface area contributed by atoms with E-state index in [1.54, 1.807) is 0 Å². The molecule has 1 N–H and O–H groups in total. The third-order valence-corrected chi connectivity index (χ3v) is 4.06. The predicted molar refractivity (Wildman–Crippen MR) is 74.4 cm³/mol. The zero-order valence-corrected chi connectivity index (χ0v) is 12.5. The lowest BCUT2D eigenvalue weighted by Crippen LogP contribution is -2.27. The number of rotatable bonds is 2. The van der Waals surface area contributed by atoms with Crippen LogP contribution < -0.4 is 0 Å². The average Bonchev–Trinajstić information content (AvgIpc) is 2.86. The highest BCUT2D eigenvalue weighted by atomic mass is 16.5. The fourth-order valence-electron chi connectivity index (χ4n) is 3.16. The molecule has 2 heterocycles. The van der Waals surface area contributed by atoms with Crippen LogP contribution in [0.15, 0.2) is 10.6 Å². The smallest absolute Gasteiger partial charge is 0.246 e. The first-order chi connectivity index (χ1) is 9.35. The van der Waals surface area contributed by atoms with E-state index in [1.165, 1.54) is 5.69 Å². The number of nitrogens with zero attached hydrogens (tertiary/aromatic N) is 3. The third kappa shape index (κ3) is 2.26. The van der Waals surface area contributed by atoms with E-state index in [9.17, 15) is 5.11 Å². The summed E-state index contributed by atoms with van der Waals surface area (Å²) in [5.74, 6) is 1.26. The zero-order chi connectivity index (χ0) is 14.5. The van der Waals surface area contributed by atoms with Crippen LogP contribution in [0.25, 0.3) is 0 Å². The molecule has 0 bridgehead atoms. The van der Waals surface area contributed by atoms with Gasteiger partial charge in [-0.15, -0.1) is 0 Å². The number of aromatic nitrogens is 3. The van der Waals surface area contributed by atoms with Crippen LogP contribution in [-0.2, 0) is 13.0 Å². The highest BCUT2D eigenvalue weighted by Gasteiger charge is 2.34. The van der Waals surface area contributed by atoms with Crippen LogP contribution in [0.3, 0.4) is 0 Å². The molecule has 1 atom stereocenters. The van der Waals surface area contributed by atoms with Gasteiger partial charge in [-0.2, -0.15) is 4.98 Å². The van der Waals surface area contributed by atoms with E-state index in [4.69, 9.17) is 4.52 Å². The van der Waals surface area contributed by atoms with E-state index in [2.05, 4.69) is 41.5 Å². The lowest BCUT2D eigenvalue weighted by molar-refractivity contribution is 0.0979. The lowest BCUT2D eigenvalue weighted by Gasteiger charge is -2.33. The number of aliphatic hydroxyl groups is 1. The van der Waals surface area contributed by atoms with Crippen molar-refractivity contribution in [1.82, 2.24) is 14.7 Å². The van der Waals surface area contributed by atoms with Gasteiger partial charge in [0.25, 0.3) is 0 Å². The van der Waals surface area contributed by atoms with Crippen molar-refractivity contribution in [2.75, 3.05) is 0 Å². The Bertz CT molecular complexity index is 640. The van der Waals surface area contributed by atoms with E-state index in [0.29, 0.717) is 18.3 Å². The summed E-state index contributed by atoms with van der Waals surface area (Å²) in [7, 11) is 0. The second-order valence-corrected chi connectivity index (χ2v) is 6.57. The van der Waals surface area contributed by atoms with Crippen molar-refractivity contribution in [3.05, 3.63) is 34.7 Å². The van der Waals surface area contributed by atoms with Crippen LogP contribution in [0.2, 0.25) is 0 Å². The van der Waals surface area contributed by atoms with Gasteiger partial charge < -0.3 is 14.2 Å². The summed E-state index contributed by atoms with van der Waals surface area (Å²) < 4.78 is 7.40. The van der Waals surface area contributed by atoms with E-state index >= 15 is 0 Å². The quantitative estimate of drug-likeness (QED) is 0.914. The van der Waals surface area contributed by atoms with Crippen molar-refractivity contribution >= 4 is 0 Å². The molecule has 1 aliphatic carbocycles. The van der Waals surface area contributed by atoms with Gasteiger partial charge in [0.2, 0.25) is 5.89 Å². The van der Waals surface area contributed by atoms with Crippen molar-refractivity contribution in [1.29, 1.82) is 0 Å². The number of hydrogen-bond donors (Lipinski definition) is 1. The van der Waals surface area contributed by atoms with Gasteiger partial charge >= 0.3 is 0 Å². The molecular formula is C15H21N3O2. The number of aryl methyl sites for hydroxylation is 2. The van der Waals surface area contributed by atoms with Gasteiger partial charge in [0.05, 0.1) is 6.10 Å². The minimum absolute atomic E-state index is 0.111. The Morgan fingerprint density at radius 1 is 1.45 bits per heavy atom. The minimum atomic E-state index is -0.377. The monoisotopic (exact) mass is 275 g/mol. The van der Waals surface area contributed by atoms with E-state index in [0.717, 1.165) is 24.1 Å². The van der Waals surface area contributed by atoms with Gasteiger partial charge in [0.1, 0.15) is 6.54 Å². The standard InChI is InChI=1S/C15H21N3O2/c1-9-5-11-12(6-15(3,4)7-13(11)19)18(9)8-14-16-10(2)17-20-14/h5,13,19H,6-8H2,1-4H3. The third-order valence-electron chi connectivity index (χ3n) is 4.06. The summed E-state index contributed by atoms with van der Waals surface area (Å²) in [6.45, 7) is 8.84. The van der Waals surface area contributed by atoms with Crippen LogP contribution in [0, 0.1) is 19.3 Å². The maximum absolute atomic E-state index is 10.3. The molecule has 0 spiro atoms. The molecule has 2 aromatic rings. The van der Waals surface area contributed by atoms with E-state index in [-0.39, 0.29) is 11.5 Å². The highest BCUT2D eigenvalue weighted by molar-refractivity contribution is 5.33. The molecule has 0 aliphatic heterocycles. The van der Waals surface area contributed by atoms with Crippen molar-refractivity contribution < 1.29 is 9.63 Å². The number of fused-ring (bicyclic) bond motifs is 1. The van der Waals surface area contributed by atoms with Gasteiger partial charge in [-0.3, -0.25) is 0 Å². The fraction of sp³-hybridized carbons (Fsp3) is 0.600. The average molecular weight is 275 g/mol. The van der Waals surface area contributed by atoms with Crippen molar-refractivity contribution in [3.63, 3.8) is 0 Å². The maximum atomic E-state index is 10.3. The molecule has 0 fully saturated rings. The summed E-state index contributed by atoms with van der Waals surface area (Å²) in [5.41, 5.74) is 3.49. The summed E-state index contributed by atoms with van der Waals surface area (Å²) in [6, 6.07) is 2.08. The van der Waals surface area contributed by atoms with E-state index in [1.807, 2.05) is 6.92 Å². The second kappa shape index (κ2) is 4.45. The Hall–Kier alpha value is -1.62. The first kappa shape index (κ1) is 13.4. The van der Waals surface area contributed by atoms with Crippen LogP contribution in [0.4, 0.5) is 0 Å². The fourth-order valence-corrected chi connectivity index (χ4v) is 3.16. The summed E-state index contributed by atoms with van der Waals surface area (Å²) in [5, 5.41) is 14.2. The molecule has 0 aromatic carbocycles. The van der Waals surface area contributed by atoms with Crippen molar-refractivity contribution in [2.45, 2.75) is 53.2 Å². The van der Waals surface area contributed by atoms with Gasteiger partial charge in [0, 0.05) is 17.0 Å². The normalized spacial score (nSPS) is 20.9. The van der Waals surface area contributed by atoms with Gasteiger partial charge in [-0.1, -0.05) is 19.0 Å². The molecule has 2 aromatic heterocycles. The Morgan fingerprint density at radius 2 is 2.20 bits per heavy atom. The first-order valence-electron chi connectivity index (χ1n) is 7.02. The lowest BCUT2D eigenvalue weighted by atomic mass is 9.75. The minimum Gasteiger partial charge on any atom is -0.388 e. The SMILES string of the molecule is Cc1noc(Cn2c(C)cc3c2CC(C)(C)CC3O)n1. The molecule has 0 radical (unpaired) electrons. The number of aliphatic hydroxyl groups excluding tert-OH is 1. The van der Waals surface area contributed by atoms with Crippen LogP contribution in [-0.4, -0.2) is 19.8 Å². The van der Waals surface area contributed by atoms with Crippen LogP contribution >= 0.6 is 0 Å². The largest absolute Gasteiger partial charge is 0.388 e. The van der Waals surface area contributed by atoms with Gasteiger partial charge in [-0.05, 0) is 38.2 Å². The molecular weight excluding hydrogens is 254 g/mol. The van der Waals surface area contributed by atoms with Crippen molar-refractivity contribution in [2.24, 2.45) is 5.41 Å². The predicted octanol–water partition coefficient (Wildman–Crippen LogP) is 2.54. The maximum Gasteiger partial charge on any atom is 0.246 e. The molecule has 0 saturated heterocycles. The Balaban J connectivity index is 2.00. The second-order valence-electron chi connectivity index (χ2n) is 6.57. The van der Waals surface area contributed by atoms with Crippen LogP contribution in [0.5, 0.6) is 0 Å². The molecule has 5 heteroatoms. The topological polar surface area (TPSA) is 64.1 Å². The molecule has 1 aliphatic rings. The molecule has 0 saturated carbocycles. The van der Waals surface area contributed by atoms with Gasteiger partial charge in [0.15, 0.2) is 5.82 Å². The molecule has 108 valence electrons. The van der Waals surface area contributed by atoms with Crippen molar-refractivity contribution in [3.8, 4) is 0 Å². The molecule has 20 heavy (non-hydrogen) atoms. The molecule has 5 nitrogen and oxygen atoms in total. The molecule has 3 rings (SSSR count). The Kier molecular flexibility index (Phi) is 2.97. The van der Waals surface area contributed by atoms with Crippen LogP contribution in [0.1, 0.15) is 55.0 Å². The Morgan fingerprint density at radius 3 is 2.85 bits per heavy atom. The molecule has 1 unspecified atom stereocenters. The first-order valence-corrected chi connectivity index (χ1v) is 7.02. The number of hydrogen-bond acceptors (Lipinski definition) is 4. The Labute approximate surface area is 118 Å². The zero-order valence-electron chi connectivity index (χ0n) is 12.5.